The highest BCUT2D eigenvalue weighted by atomic mass is 19.4. The maximum Gasteiger partial charge on any atom is 0.420 e. The Balaban J connectivity index is 2.21. The molecule has 11 heteroatoms. The molecule has 0 N–H and O–H groups in total. The van der Waals surface area contributed by atoms with Gasteiger partial charge in [-0.2, -0.15) is 26.3 Å². The number of carbonyl (C=O) groups is 1. The Morgan fingerprint density at radius 3 is 2.13 bits per heavy atom. The van der Waals surface area contributed by atoms with Crippen LogP contribution in [0.4, 0.5) is 41.2 Å². The Morgan fingerprint density at radius 2 is 1.61 bits per heavy atom. The Kier molecular flexibility index (Phi) is 4.70. The van der Waals surface area contributed by atoms with Crippen molar-refractivity contribution in [2.75, 3.05) is 11.9 Å². The molecule has 0 bridgehead atoms. The maximum atomic E-state index is 13.8. The third-order valence-corrected chi connectivity index (χ3v) is 4.04. The van der Waals surface area contributed by atoms with Gasteiger partial charge in [-0.25, -0.2) is 9.18 Å². The number of carbonyl (C=O) groups excluding carboxylic acids is 1. The van der Waals surface area contributed by atoms with Gasteiger partial charge in [-0.3, -0.25) is 4.90 Å². The van der Waals surface area contributed by atoms with Crippen LogP contribution in [0.5, 0.6) is 5.75 Å². The first kappa shape index (κ1) is 18.3. The molecule has 0 saturated heterocycles. The number of hydrogen-bond acceptors (Lipinski definition) is 2. The minimum absolute atomic E-state index is 0.0241. The molecule has 1 aromatic heterocycles. The zero-order chi connectivity index (χ0) is 25.5. The number of nitrogens with zero attached hydrogens (tertiary/aromatic N) is 2. The van der Waals surface area contributed by atoms with Crippen LogP contribution in [-0.2, 0) is 12.4 Å². The summed E-state index contributed by atoms with van der Waals surface area (Å²) in [6.45, 7) is -3.30. The van der Waals surface area contributed by atoms with E-state index in [1.54, 1.807) is 0 Å². The van der Waals surface area contributed by atoms with Crippen molar-refractivity contribution in [2.45, 2.75) is 12.4 Å². The molecule has 0 unspecified atom stereocenters. The molecule has 0 aliphatic heterocycles. The number of anilines is 1. The van der Waals surface area contributed by atoms with Crippen LogP contribution in [0.1, 0.15) is 15.2 Å². The van der Waals surface area contributed by atoms with Crippen molar-refractivity contribution in [3.05, 3.63) is 77.9 Å². The van der Waals surface area contributed by atoms with Gasteiger partial charge in [0.1, 0.15) is 11.4 Å². The molecule has 1 heterocycles. The number of ether oxygens (including phenoxy) is 1. The van der Waals surface area contributed by atoms with Crippen LogP contribution >= 0.6 is 0 Å². The molecule has 0 aliphatic rings. The predicted molar refractivity (Wildman–Crippen MR) is 96.6 cm³/mol. The van der Waals surface area contributed by atoms with Crippen LogP contribution in [-0.4, -0.2) is 17.6 Å². The van der Waals surface area contributed by atoms with Crippen LogP contribution in [0, 0.1) is 5.82 Å². The summed E-state index contributed by atoms with van der Waals surface area (Å²) in [5.41, 5.74) is -4.89. The van der Waals surface area contributed by atoms with E-state index in [9.17, 15) is 35.5 Å². The monoisotopic (exact) mass is 449 g/mol. The summed E-state index contributed by atoms with van der Waals surface area (Å²) >= 11 is 0. The topological polar surface area (TPSA) is 34.5 Å². The average molecular weight is 449 g/mol. The number of benzene rings is 2. The van der Waals surface area contributed by atoms with Crippen molar-refractivity contribution < 1.29 is 44.4 Å². The number of hydrogen-bond donors (Lipinski definition) is 0. The van der Waals surface area contributed by atoms with Gasteiger partial charge in [-0.15, -0.1) is 0 Å². The lowest BCUT2D eigenvalue weighted by molar-refractivity contribution is -0.143. The average Bonchev–Trinajstić information content (AvgIpc) is 3.21. The van der Waals surface area contributed by atoms with Crippen molar-refractivity contribution in [3.63, 3.8) is 0 Å². The van der Waals surface area contributed by atoms with Crippen molar-refractivity contribution in [1.29, 1.82) is 0 Å². The van der Waals surface area contributed by atoms with E-state index in [1.807, 2.05) is 0 Å². The molecule has 2 aromatic carbocycles. The SMILES string of the molecule is [2H]C([2H])([2H])N(C(=O)Oc1c(-n2cccc2)cc(C(F)(F)F)cc1C(F)(F)F)c1ccc(F)cc1. The second-order valence-electron chi connectivity index (χ2n) is 6.14. The first-order valence-electron chi connectivity index (χ1n) is 9.82. The minimum atomic E-state index is -5.42. The summed E-state index contributed by atoms with van der Waals surface area (Å²) in [6.07, 6.45) is -10.2. The summed E-state index contributed by atoms with van der Waals surface area (Å²) in [6, 6.07) is 6.01. The number of amides is 1. The van der Waals surface area contributed by atoms with Crippen LogP contribution < -0.4 is 9.64 Å². The minimum Gasteiger partial charge on any atom is -0.407 e. The second-order valence-corrected chi connectivity index (χ2v) is 6.14. The van der Waals surface area contributed by atoms with E-state index >= 15 is 0 Å². The van der Waals surface area contributed by atoms with Crippen molar-refractivity contribution >= 4 is 11.8 Å². The van der Waals surface area contributed by atoms with E-state index in [4.69, 9.17) is 8.85 Å². The lowest BCUT2D eigenvalue weighted by Gasteiger charge is -2.22. The van der Waals surface area contributed by atoms with Gasteiger partial charge in [0.05, 0.1) is 11.3 Å². The first-order valence-corrected chi connectivity index (χ1v) is 8.32. The Labute approximate surface area is 175 Å². The molecular formula is C20H13F7N2O2. The predicted octanol–water partition coefficient (Wildman–Crippen LogP) is 6.29. The standard InChI is InChI=1S/C20H13F7N2O2/c1-28(14-6-4-13(21)5-7-14)18(30)31-17-15(20(25,26)27)10-12(19(22,23)24)11-16(17)29-8-2-3-9-29/h2-11H,1H3/i1D3. The van der Waals surface area contributed by atoms with Gasteiger partial charge in [0, 0.05) is 29.2 Å². The lowest BCUT2D eigenvalue weighted by atomic mass is 10.1. The van der Waals surface area contributed by atoms with Gasteiger partial charge in [-0.05, 0) is 48.5 Å². The third kappa shape index (κ3) is 4.81. The molecule has 0 aliphatic carbocycles. The number of halogens is 7. The quantitative estimate of drug-likeness (QED) is 0.441. The van der Waals surface area contributed by atoms with Gasteiger partial charge >= 0.3 is 18.4 Å². The highest BCUT2D eigenvalue weighted by molar-refractivity contribution is 5.89. The molecule has 0 fully saturated rings. The molecule has 3 aromatic rings. The second kappa shape index (κ2) is 7.97. The molecule has 0 saturated carbocycles. The summed E-state index contributed by atoms with van der Waals surface area (Å²) in [5.74, 6) is -2.14. The van der Waals surface area contributed by atoms with E-state index < -0.39 is 59.5 Å². The highest BCUT2D eigenvalue weighted by Crippen LogP contribution is 2.44. The van der Waals surface area contributed by atoms with E-state index in [1.165, 1.54) is 12.1 Å². The summed E-state index contributed by atoms with van der Waals surface area (Å²) in [5, 5.41) is 0. The maximum absolute atomic E-state index is 13.8. The van der Waals surface area contributed by atoms with E-state index in [0.29, 0.717) is 6.07 Å². The number of rotatable bonds is 3. The largest absolute Gasteiger partial charge is 0.420 e. The van der Waals surface area contributed by atoms with Gasteiger partial charge in [0.2, 0.25) is 0 Å². The van der Waals surface area contributed by atoms with Crippen LogP contribution in [0.3, 0.4) is 0 Å². The van der Waals surface area contributed by atoms with Gasteiger partial charge in [-0.1, -0.05) is 0 Å². The number of alkyl halides is 6. The Morgan fingerprint density at radius 1 is 1.00 bits per heavy atom. The smallest absolute Gasteiger partial charge is 0.407 e. The van der Waals surface area contributed by atoms with Crippen molar-refractivity contribution in [2.24, 2.45) is 0 Å². The molecule has 0 atom stereocenters. The summed E-state index contributed by atoms with van der Waals surface area (Å²) in [7, 11) is 0. The van der Waals surface area contributed by atoms with Gasteiger partial charge in [0.15, 0.2) is 5.75 Å². The normalized spacial score (nSPS) is 13.8. The molecule has 3 rings (SSSR count). The van der Waals surface area contributed by atoms with Crippen LogP contribution in [0.2, 0.25) is 0 Å². The van der Waals surface area contributed by atoms with E-state index in [-0.39, 0.29) is 11.0 Å². The van der Waals surface area contributed by atoms with Crippen molar-refractivity contribution in [1.82, 2.24) is 4.57 Å². The fourth-order valence-electron chi connectivity index (χ4n) is 2.61. The zero-order valence-electron chi connectivity index (χ0n) is 18.1. The summed E-state index contributed by atoms with van der Waals surface area (Å²) < 4.78 is 123. The fraction of sp³-hybridized carbons (Fsp3) is 0.150. The van der Waals surface area contributed by atoms with E-state index in [0.717, 1.165) is 41.2 Å². The van der Waals surface area contributed by atoms with Gasteiger partial charge in [0.25, 0.3) is 0 Å². The van der Waals surface area contributed by atoms with Gasteiger partial charge < -0.3 is 9.30 Å². The first-order chi connectivity index (χ1) is 15.6. The molecule has 0 radical (unpaired) electrons. The molecule has 31 heavy (non-hydrogen) atoms. The van der Waals surface area contributed by atoms with Crippen LogP contribution in [0.25, 0.3) is 5.69 Å². The number of aromatic nitrogens is 1. The van der Waals surface area contributed by atoms with Crippen molar-refractivity contribution in [3.8, 4) is 11.4 Å². The lowest BCUT2D eigenvalue weighted by Crippen LogP contribution is -2.30. The van der Waals surface area contributed by atoms with E-state index in [2.05, 4.69) is 0 Å². The highest BCUT2D eigenvalue weighted by Gasteiger charge is 2.41. The Hall–Kier alpha value is -3.50. The zero-order valence-corrected chi connectivity index (χ0v) is 15.1. The molecule has 164 valence electrons. The summed E-state index contributed by atoms with van der Waals surface area (Å²) in [4.78, 5) is 12.8. The third-order valence-electron chi connectivity index (χ3n) is 4.04. The molecular weight excluding hydrogens is 433 g/mol. The Bertz CT molecular complexity index is 1170. The molecule has 1 amide bonds. The fourth-order valence-corrected chi connectivity index (χ4v) is 2.61. The van der Waals surface area contributed by atoms with Crippen LogP contribution in [0.15, 0.2) is 60.9 Å². The molecule has 0 spiro atoms. The molecule has 4 nitrogen and oxygen atoms in total.